The van der Waals surface area contributed by atoms with Crippen LogP contribution in [-0.4, -0.2) is 43.3 Å². The van der Waals surface area contributed by atoms with Gasteiger partial charge in [0.25, 0.3) is 0 Å². The Morgan fingerprint density at radius 1 is 1.32 bits per heavy atom. The zero-order valence-corrected chi connectivity index (χ0v) is 14.7. The summed E-state index contributed by atoms with van der Waals surface area (Å²) in [5.41, 5.74) is -0.0783. The maximum Gasteiger partial charge on any atom is 0.211 e. The molecule has 1 aromatic rings. The van der Waals surface area contributed by atoms with Gasteiger partial charge in [0.2, 0.25) is 10.0 Å². The van der Waals surface area contributed by atoms with Crippen LogP contribution in [0.25, 0.3) is 0 Å². The van der Waals surface area contributed by atoms with E-state index in [0.29, 0.717) is 0 Å². The molecule has 0 spiro atoms. The van der Waals surface area contributed by atoms with Crippen molar-refractivity contribution >= 4 is 15.8 Å². The lowest BCUT2D eigenvalue weighted by molar-refractivity contribution is 0.457. The third-order valence-corrected chi connectivity index (χ3v) is 5.31. The van der Waals surface area contributed by atoms with E-state index >= 15 is 0 Å². The summed E-state index contributed by atoms with van der Waals surface area (Å²) in [5.74, 6) is 1.89. The van der Waals surface area contributed by atoms with Crippen LogP contribution in [0, 0.1) is 0 Å². The second-order valence-corrected chi connectivity index (χ2v) is 8.81. The monoisotopic (exact) mass is 326 g/mol. The Morgan fingerprint density at radius 2 is 1.95 bits per heavy atom. The van der Waals surface area contributed by atoms with E-state index < -0.39 is 10.0 Å². The molecule has 1 saturated heterocycles. The molecule has 1 N–H and O–H groups in total. The van der Waals surface area contributed by atoms with Gasteiger partial charge in [-0.05, 0) is 25.8 Å². The molecule has 6 nitrogen and oxygen atoms in total. The van der Waals surface area contributed by atoms with Gasteiger partial charge < -0.3 is 4.90 Å². The molecule has 2 rings (SSSR count). The zero-order chi connectivity index (χ0) is 16.4. The average molecular weight is 326 g/mol. The first-order valence-corrected chi connectivity index (χ1v) is 9.45. The molecule has 0 radical (unpaired) electrons. The molecule has 124 valence electrons. The summed E-state index contributed by atoms with van der Waals surface area (Å²) in [6.07, 6.45) is 3.40. The second kappa shape index (κ2) is 6.50. The predicted molar refractivity (Wildman–Crippen MR) is 88.6 cm³/mol. The summed E-state index contributed by atoms with van der Waals surface area (Å²) in [6.45, 7) is 9.55. The number of rotatable bonds is 4. The molecule has 0 aliphatic carbocycles. The van der Waals surface area contributed by atoms with Gasteiger partial charge in [0.1, 0.15) is 11.6 Å². The van der Waals surface area contributed by atoms with Crippen LogP contribution in [0.2, 0.25) is 0 Å². The third kappa shape index (κ3) is 4.39. The van der Waals surface area contributed by atoms with Crippen LogP contribution in [0.1, 0.15) is 46.4 Å². The van der Waals surface area contributed by atoms with Gasteiger partial charge >= 0.3 is 0 Å². The molecule has 7 heteroatoms. The third-order valence-electron chi connectivity index (χ3n) is 3.86. The van der Waals surface area contributed by atoms with Gasteiger partial charge in [-0.15, -0.1) is 0 Å². The number of hydrogen-bond acceptors (Lipinski definition) is 5. The summed E-state index contributed by atoms with van der Waals surface area (Å²) >= 11 is 0. The normalized spacial score (nSPS) is 17.7. The topological polar surface area (TPSA) is 75.2 Å². The molecule has 2 heterocycles. The van der Waals surface area contributed by atoms with Crippen molar-refractivity contribution in [3.63, 3.8) is 0 Å². The predicted octanol–water partition coefficient (Wildman–Crippen LogP) is 1.68. The van der Waals surface area contributed by atoms with Crippen molar-refractivity contribution in [2.75, 3.05) is 23.7 Å². The Kier molecular flexibility index (Phi) is 5.07. The molecular weight excluding hydrogens is 300 g/mol. The van der Waals surface area contributed by atoms with Crippen LogP contribution < -0.4 is 9.62 Å². The standard InChI is InChI=1S/C15H26N4O2S/c1-5-22(20,21)18-12-7-10-19(11-8-12)13-6-9-16-14(17-13)15(2,3)4/h6,9,12,18H,5,7-8,10-11H2,1-4H3. The molecule has 0 saturated carbocycles. The maximum absolute atomic E-state index is 11.6. The van der Waals surface area contributed by atoms with E-state index in [9.17, 15) is 8.42 Å². The fraction of sp³-hybridized carbons (Fsp3) is 0.733. The van der Waals surface area contributed by atoms with Gasteiger partial charge in [0.15, 0.2) is 0 Å². The van der Waals surface area contributed by atoms with E-state index in [0.717, 1.165) is 37.6 Å². The van der Waals surface area contributed by atoms with E-state index in [2.05, 4.69) is 40.4 Å². The van der Waals surface area contributed by atoms with Crippen LogP contribution in [0.5, 0.6) is 0 Å². The lowest BCUT2D eigenvalue weighted by Crippen LogP contribution is -2.45. The Morgan fingerprint density at radius 3 is 2.50 bits per heavy atom. The Labute approximate surface area is 133 Å². The molecule has 1 aliphatic rings. The number of nitrogens with zero attached hydrogens (tertiary/aromatic N) is 3. The van der Waals surface area contributed by atoms with E-state index in [1.54, 1.807) is 13.1 Å². The number of aromatic nitrogens is 2. The van der Waals surface area contributed by atoms with Gasteiger partial charge in [-0.3, -0.25) is 0 Å². The SMILES string of the molecule is CCS(=O)(=O)NC1CCN(c2ccnc(C(C)(C)C)n2)CC1. The second-order valence-electron chi connectivity index (χ2n) is 6.77. The minimum atomic E-state index is -3.12. The number of piperidine rings is 1. The molecule has 0 bridgehead atoms. The van der Waals surface area contributed by atoms with E-state index in [4.69, 9.17) is 0 Å². The van der Waals surface area contributed by atoms with Crippen molar-refractivity contribution in [3.05, 3.63) is 18.1 Å². The molecule has 0 amide bonds. The van der Waals surface area contributed by atoms with Crippen molar-refractivity contribution < 1.29 is 8.42 Å². The first-order chi connectivity index (χ1) is 10.2. The van der Waals surface area contributed by atoms with E-state index in [1.165, 1.54) is 0 Å². The quantitative estimate of drug-likeness (QED) is 0.911. The molecular formula is C15H26N4O2S. The minimum absolute atomic E-state index is 0.0325. The van der Waals surface area contributed by atoms with Gasteiger partial charge in [0.05, 0.1) is 5.75 Å². The van der Waals surface area contributed by atoms with Crippen molar-refractivity contribution in [3.8, 4) is 0 Å². The van der Waals surface area contributed by atoms with Crippen LogP contribution in [0.15, 0.2) is 12.3 Å². The van der Waals surface area contributed by atoms with Crippen LogP contribution in [-0.2, 0) is 15.4 Å². The van der Waals surface area contributed by atoms with Crippen LogP contribution in [0.4, 0.5) is 5.82 Å². The van der Waals surface area contributed by atoms with Crippen molar-refractivity contribution in [2.24, 2.45) is 0 Å². The summed E-state index contributed by atoms with van der Waals surface area (Å²) < 4.78 is 26.0. The van der Waals surface area contributed by atoms with Crippen LogP contribution in [0.3, 0.4) is 0 Å². The zero-order valence-electron chi connectivity index (χ0n) is 13.8. The van der Waals surface area contributed by atoms with Crippen LogP contribution >= 0.6 is 0 Å². The highest BCUT2D eigenvalue weighted by Gasteiger charge is 2.24. The van der Waals surface area contributed by atoms with E-state index in [1.807, 2.05) is 6.07 Å². The molecule has 0 unspecified atom stereocenters. The molecule has 0 aromatic carbocycles. The summed E-state index contributed by atoms with van der Waals surface area (Å²) in [7, 11) is -3.12. The fourth-order valence-electron chi connectivity index (χ4n) is 2.45. The Hall–Kier alpha value is -1.21. The summed E-state index contributed by atoms with van der Waals surface area (Å²) in [4.78, 5) is 11.2. The molecule has 22 heavy (non-hydrogen) atoms. The molecule has 0 atom stereocenters. The smallest absolute Gasteiger partial charge is 0.211 e. The highest BCUT2D eigenvalue weighted by molar-refractivity contribution is 7.89. The van der Waals surface area contributed by atoms with Gasteiger partial charge in [-0.1, -0.05) is 20.8 Å². The van der Waals surface area contributed by atoms with Gasteiger partial charge in [0, 0.05) is 30.7 Å². The van der Waals surface area contributed by atoms with Gasteiger partial charge in [-0.25, -0.2) is 23.1 Å². The number of hydrogen-bond donors (Lipinski definition) is 1. The van der Waals surface area contributed by atoms with E-state index in [-0.39, 0.29) is 17.2 Å². The average Bonchev–Trinajstić information content (AvgIpc) is 2.47. The first-order valence-electron chi connectivity index (χ1n) is 7.80. The maximum atomic E-state index is 11.6. The molecule has 1 fully saturated rings. The number of nitrogens with one attached hydrogen (secondary N) is 1. The molecule has 1 aromatic heterocycles. The Bertz CT molecular complexity index is 602. The first kappa shape index (κ1) is 17.1. The minimum Gasteiger partial charge on any atom is -0.356 e. The van der Waals surface area contributed by atoms with Crippen molar-refractivity contribution in [2.45, 2.75) is 52.0 Å². The lowest BCUT2D eigenvalue weighted by atomic mass is 9.96. The Balaban J connectivity index is 2.00. The largest absolute Gasteiger partial charge is 0.356 e. The summed E-state index contributed by atoms with van der Waals surface area (Å²) in [5, 5.41) is 0. The highest BCUT2D eigenvalue weighted by Crippen LogP contribution is 2.22. The summed E-state index contributed by atoms with van der Waals surface area (Å²) in [6, 6.07) is 1.95. The highest BCUT2D eigenvalue weighted by atomic mass is 32.2. The van der Waals surface area contributed by atoms with Crippen molar-refractivity contribution in [1.82, 2.24) is 14.7 Å². The van der Waals surface area contributed by atoms with Crippen molar-refractivity contribution in [1.29, 1.82) is 0 Å². The number of anilines is 1. The van der Waals surface area contributed by atoms with Gasteiger partial charge in [-0.2, -0.15) is 0 Å². The lowest BCUT2D eigenvalue weighted by Gasteiger charge is -2.33. The molecule has 1 aliphatic heterocycles. The number of sulfonamides is 1. The fourth-order valence-corrected chi connectivity index (χ4v) is 3.36.